The summed E-state index contributed by atoms with van der Waals surface area (Å²) in [6.45, 7) is 13.0. The summed E-state index contributed by atoms with van der Waals surface area (Å²) in [5, 5.41) is 0. The second kappa shape index (κ2) is 8.93. The summed E-state index contributed by atoms with van der Waals surface area (Å²) in [7, 11) is 0. The molecule has 0 N–H and O–H groups in total. The lowest BCUT2D eigenvalue weighted by atomic mass is 10.0. The van der Waals surface area contributed by atoms with Crippen LogP contribution in [0.2, 0.25) is 0 Å². The zero-order valence-electron chi connectivity index (χ0n) is 17.5. The Morgan fingerprint density at radius 1 is 0.679 bits per heavy atom. The molecule has 0 aromatic heterocycles. The van der Waals surface area contributed by atoms with Gasteiger partial charge in [-0.1, -0.05) is 65.4 Å². The molecule has 0 aliphatic heterocycles. The molecule has 1 nitrogen and oxygen atoms in total. The first-order valence-electron chi connectivity index (χ1n) is 9.49. The number of thioether (sulfide) groups is 1. The van der Waals surface area contributed by atoms with Crippen molar-refractivity contribution in [1.82, 2.24) is 0 Å². The van der Waals surface area contributed by atoms with Crippen molar-refractivity contribution >= 4 is 32.8 Å². The topological polar surface area (TPSA) is 12.4 Å². The van der Waals surface area contributed by atoms with E-state index in [2.05, 4.69) is 96.1 Å². The molecule has 0 saturated heterocycles. The smallest absolute Gasteiger partial charge is 0.0916 e. The summed E-state index contributed by atoms with van der Waals surface area (Å²) in [4.78, 5) is 1.23. The molecule has 3 aromatic rings. The van der Waals surface area contributed by atoms with E-state index in [4.69, 9.17) is 4.36 Å². The Morgan fingerprint density at radius 2 is 1.18 bits per heavy atom. The van der Waals surface area contributed by atoms with Crippen molar-refractivity contribution in [3.63, 3.8) is 0 Å². The van der Waals surface area contributed by atoms with Crippen LogP contribution in [0.5, 0.6) is 0 Å². The second-order valence-corrected chi connectivity index (χ2v) is 9.52. The summed E-state index contributed by atoms with van der Waals surface area (Å²) in [5.74, 6) is 0. The van der Waals surface area contributed by atoms with Gasteiger partial charge >= 0.3 is 0 Å². The fourth-order valence-electron chi connectivity index (χ4n) is 3.62. The molecule has 0 heterocycles. The van der Waals surface area contributed by atoms with E-state index in [-0.39, 0.29) is 0 Å². The van der Waals surface area contributed by atoms with Gasteiger partial charge in [-0.2, -0.15) is 4.36 Å². The minimum Gasteiger partial charge on any atom is -0.192 e. The quantitative estimate of drug-likeness (QED) is 0.326. The van der Waals surface area contributed by atoms with Gasteiger partial charge in [-0.25, -0.2) is 0 Å². The lowest BCUT2D eigenvalue weighted by Crippen LogP contribution is -2.02. The zero-order valence-corrected chi connectivity index (χ0v) is 19.1. The predicted octanol–water partition coefficient (Wildman–Crippen LogP) is 7.41. The number of hydrogen-bond acceptors (Lipinski definition) is 2. The van der Waals surface area contributed by atoms with E-state index in [9.17, 15) is 0 Å². The molecule has 0 aliphatic carbocycles. The summed E-state index contributed by atoms with van der Waals surface area (Å²) in [5.41, 5.74) is 10.0. The van der Waals surface area contributed by atoms with Gasteiger partial charge in [0, 0.05) is 10.5 Å². The van der Waals surface area contributed by atoms with Gasteiger partial charge in [0.1, 0.15) is 0 Å². The highest BCUT2D eigenvalue weighted by Gasteiger charge is 2.12. The molecule has 0 fully saturated rings. The zero-order chi connectivity index (χ0) is 20.3. The minimum atomic E-state index is 1.09. The monoisotopic (exact) mass is 405 g/mol. The van der Waals surface area contributed by atoms with Crippen LogP contribution in [0.1, 0.15) is 38.9 Å². The third kappa shape index (κ3) is 4.84. The molecule has 0 atom stereocenters. The highest BCUT2D eigenvalue weighted by Crippen LogP contribution is 2.29. The maximum Gasteiger partial charge on any atom is 0.0916 e. The second-order valence-electron chi connectivity index (χ2n) is 7.41. The first-order valence-corrected chi connectivity index (χ1v) is 11.1. The van der Waals surface area contributed by atoms with E-state index in [0.717, 1.165) is 5.69 Å². The lowest BCUT2D eigenvalue weighted by molar-refractivity contribution is 1.30. The van der Waals surface area contributed by atoms with Gasteiger partial charge in [-0.15, -0.1) is 0 Å². The third-order valence-corrected chi connectivity index (χ3v) is 6.70. The van der Waals surface area contributed by atoms with Crippen LogP contribution in [0.25, 0.3) is 0 Å². The van der Waals surface area contributed by atoms with Crippen molar-refractivity contribution in [2.24, 2.45) is 4.36 Å². The van der Waals surface area contributed by atoms with E-state index in [0.29, 0.717) is 0 Å². The van der Waals surface area contributed by atoms with Crippen molar-refractivity contribution in [2.75, 3.05) is 0 Å². The maximum atomic E-state index is 4.98. The third-order valence-electron chi connectivity index (χ3n) is 4.69. The molecule has 144 valence electrons. The number of hydrogen-bond donors (Lipinski definition) is 0. The summed E-state index contributed by atoms with van der Waals surface area (Å²) < 4.78 is 6.21. The van der Waals surface area contributed by atoms with Crippen molar-refractivity contribution in [1.29, 1.82) is 0 Å². The van der Waals surface area contributed by atoms with E-state index < -0.39 is 0 Å². The number of rotatable bonds is 3. The van der Waals surface area contributed by atoms with Crippen LogP contribution in [-0.4, -0.2) is 4.20 Å². The Hall–Kier alpha value is -2.10. The van der Waals surface area contributed by atoms with Crippen molar-refractivity contribution in [3.8, 4) is 0 Å². The highest BCUT2D eigenvalue weighted by molar-refractivity contribution is 8.21. The molecular weight excluding hydrogens is 378 g/mol. The highest BCUT2D eigenvalue weighted by atomic mass is 32.2. The van der Waals surface area contributed by atoms with E-state index in [1.807, 2.05) is 0 Å². The van der Waals surface area contributed by atoms with Crippen molar-refractivity contribution < 1.29 is 0 Å². The van der Waals surface area contributed by atoms with Gasteiger partial charge < -0.3 is 0 Å². The normalized spacial score (nSPS) is 10.6. The molecule has 3 rings (SSSR count). The van der Waals surface area contributed by atoms with Gasteiger partial charge in [0.05, 0.1) is 9.88 Å². The molecule has 0 spiro atoms. The van der Waals surface area contributed by atoms with Crippen LogP contribution < -0.4 is 0 Å². The van der Waals surface area contributed by atoms with Crippen LogP contribution in [0.15, 0.2) is 63.9 Å². The van der Waals surface area contributed by atoms with Gasteiger partial charge in [0.15, 0.2) is 0 Å². The Balaban J connectivity index is 2.19. The van der Waals surface area contributed by atoms with E-state index in [1.54, 1.807) is 22.9 Å². The predicted molar refractivity (Wildman–Crippen MR) is 127 cm³/mol. The standard InChI is InChI=1S/C25H27NS2/c1-16-12-18(3)23(19(4)13-16)25(27-22-10-8-7-9-11-22)28-26-24-20(5)14-17(2)15-21(24)6/h7-15H,1-6H3. The number of nitrogens with zero attached hydrogens (tertiary/aromatic N) is 1. The van der Waals surface area contributed by atoms with Crippen LogP contribution in [-0.2, 0) is 11.1 Å². The Labute approximate surface area is 176 Å². The largest absolute Gasteiger partial charge is 0.192 e. The molecule has 3 heteroatoms. The first kappa shape index (κ1) is 20.6. The average molecular weight is 406 g/mol. The molecule has 0 saturated carbocycles. The van der Waals surface area contributed by atoms with E-state index >= 15 is 0 Å². The van der Waals surface area contributed by atoms with Crippen molar-refractivity contribution in [2.45, 2.75) is 46.4 Å². The average Bonchev–Trinajstić information content (AvgIpc) is 2.60. The van der Waals surface area contributed by atoms with Gasteiger partial charge in [0.2, 0.25) is 0 Å². The number of benzene rings is 3. The Bertz CT molecular complexity index is 1030. The van der Waals surface area contributed by atoms with Crippen molar-refractivity contribution in [3.05, 3.63) is 93.5 Å². The van der Waals surface area contributed by atoms with Gasteiger partial charge in [-0.05, 0) is 87.1 Å². The van der Waals surface area contributed by atoms with Crippen LogP contribution in [0, 0.1) is 41.5 Å². The Morgan fingerprint density at radius 3 is 1.71 bits per heavy atom. The summed E-state index contributed by atoms with van der Waals surface area (Å²) in [6, 6.07) is 19.5. The molecule has 0 unspecified atom stereocenters. The fourth-order valence-corrected chi connectivity index (χ4v) is 5.97. The van der Waals surface area contributed by atoms with Crippen LogP contribution in [0.3, 0.4) is 0 Å². The molecule has 0 radical (unpaired) electrons. The maximum absolute atomic E-state index is 4.98. The van der Waals surface area contributed by atoms with Crippen LogP contribution in [0.4, 0.5) is 5.69 Å². The first-order chi connectivity index (χ1) is 13.3. The number of aryl methyl sites for hydroxylation is 6. The summed E-state index contributed by atoms with van der Waals surface area (Å²) in [6.07, 6.45) is 0. The molecule has 28 heavy (non-hydrogen) atoms. The fraction of sp³-hybridized carbons (Fsp3) is 0.240. The SMILES string of the molecule is Cc1cc(C)c(N=S=C(Sc2ccccc2)c2c(C)cc(C)cc2C)c(C)c1. The molecular formula is C25H27NS2. The van der Waals surface area contributed by atoms with Crippen LogP contribution >= 0.6 is 11.8 Å². The van der Waals surface area contributed by atoms with Gasteiger partial charge in [0.25, 0.3) is 0 Å². The summed E-state index contributed by atoms with van der Waals surface area (Å²) >= 11 is 3.39. The van der Waals surface area contributed by atoms with E-state index in [1.165, 1.54) is 48.0 Å². The lowest BCUT2D eigenvalue weighted by Gasteiger charge is -2.13. The Kier molecular flexibility index (Phi) is 6.58. The molecule has 0 aliphatic rings. The van der Waals surface area contributed by atoms with Gasteiger partial charge in [-0.3, -0.25) is 0 Å². The minimum absolute atomic E-state index is 1.09. The molecule has 0 amide bonds. The molecule has 0 bridgehead atoms. The molecule has 3 aromatic carbocycles.